The van der Waals surface area contributed by atoms with Crippen LogP contribution in [0.3, 0.4) is 0 Å². The van der Waals surface area contributed by atoms with Crippen molar-refractivity contribution in [3.05, 3.63) is 45.8 Å². The number of hydrogen-bond donors (Lipinski definition) is 1. The van der Waals surface area contributed by atoms with Gasteiger partial charge in [0.2, 0.25) is 0 Å². The highest BCUT2D eigenvalue weighted by Gasteiger charge is 2.34. The van der Waals surface area contributed by atoms with E-state index in [1.54, 1.807) is 6.07 Å². The summed E-state index contributed by atoms with van der Waals surface area (Å²) < 4.78 is 24.6. The first-order valence-electron chi connectivity index (χ1n) is 6.99. The Morgan fingerprint density at radius 1 is 1.41 bits per heavy atom. The van der Waals surface area contributed by atoms with Crippen molar-refractivity contribution in [1.82, 2.24) is 10.3 Å². The third-order valence-corrected chi connectivity index (χ3v) is 4.50. The predicted octanol–water partition coefficient (Wildman–Crippen LogP) is 3.32. The second-order valence-electron chi connectivity index (χ2n) is 5.48. The molecular formula is C15H12BrFN2O3. The van der Waals surface area contributed by atoms with Gasteiger partial charge in [-0.15, -0.1) is 0 Å². The number of ether oxygens (including phenoxy) is 1. The van der Waals surface area contributed by atoms with Gasteiger partial charge in [-0.1, -0.05) is 0 Å². The van der Waals surface area contributed by atoms with Crippen molar-refractivity contribution >= 4 is 21.8 Å². The Labute approximate surface area is 134 Å². The van der Waals surface area contributed by atoms with E-state index in [0.29, 0.717) is 27.6 Å². The fourth-order valence-electron chi connectivity index (χ4n) is 2.61. The lowest BCUT2D eigenvalue weighted by Crippen LogP contribution is -2.30. The van der Waals surface area contributed by atoms with Crippen LogP contribution in [0.4, 0.5) is 4.39 Å². The quantitative estimate of drug-likeness (QED) is 0.904. The van der Waals surface area contributed by atoms with E-state index in [4.69, 9.17) is 9.15 Å². The van der Waals surface area contributed by atoms with Gasteiger partial charge in [0.1, 0.15) is 23.9 Å². The molecule has 0 radical (unpaired) electrons. The van der Waals surface area contributed by atoms with Crippen molar-refractivity contribution in [2.45, 2.75) is 24.8 Å². The number of rotatable bonds is 3. The van der Waals surface area contributed by atoms with E-state index in [9.17, 15) is 9.18 Å². The maximum absolute atomic E-state index is 13.5. The lowest BCUT2D eigenvalue weighted by atomic mass is 10.1. The molecule has 1 unspecified atom stereocenters. The highest BCUT2D eigenvalue weighted by Crippen LogP contribution is 2.42. The summed E-state index contributed by atoms with van der Waals surface area (Å²) in [6.45, 7) is 0.271. The van der Waals surface area contributed by atoms with Crippen LogP contribution >= 0.6 is 15.9 Å². The lowest BCUT2D eigenvalue weighted by molar-refractivity contribution is 0.0924. The van der Waals surface area contributed by atoms with Crippen LogP contribution in [0.2, 0.25) is 0 Å². The first kappa shape index (κ1) is 13.8. The summed E-state index contributed by atoms with van der Waals surface area (Å²) in [7, 11) is 0. The minimum atomic E-state index is -0.391. The summed E-state index contributed by atoms with van der Waals surface area (Å²) in [6, 6.07) is 2.62. The minimum absolute atomic E-state index is 0.271. The first-order valence-corrected chi connectivity index (χ1v) is 7.78. The first-order chi connectivity index (χ1) is 10.6. The van der Waals surface area contributed by atoms with Crippen LogP contribution in [-0.4, -0.2) is 17.5 Å². The monoisotopic (exact) mass is 366 g/mol. The van der Waals surface area contributed by atoms with Crippen molar-refractivity contribution in [1.29, 1.82) is 0 Å². The fraction of sp³-hybridized carbons (Fsp3) is 0.333. The second-order valence-corrected chi connectivity index (χ2v) is 6.34. The molecule has 1 saturated carbocycles. The van der Waals surface area contributed by atoms with E-state index in [-0.39, 0.29) is 18.6 Å². The number of carbonyl (C=O) groups is 1. The standard InChI is InChI=1S/C15H12BrFN2O3/c16-9-3-8-11(5-21-12(8)4-10(9)17)19-15(20)13-14(7-1-2-7)22-6-18-13/h3-4,6-7,11H,1-2,5H2,(H,19,20). The summed E-state index contributed by atoms with van der Waals surface area (Å²) in [6.07, 6.45) is 3.35. The van der Waals surface area contributed by atoms with E-state index in [2.05, 4.69) is 26.2 Å². The number of nitrogens with zero attached hydrogens (tertiary/aromatic N) is 1. The van der Waals surface area contributed by atoms with E-state index in [0.717, 1.165) is 18.4 Å². The maximum Gasteiger partial charge on any atom is 0.274 e. The molecule has 1 amide bonds. The van der Waals surface area contributed by atoms with Gasteiger partial charge in [-0.25, -0.2) is 9.37 Å². The van der Waals surface area contributed by atoms with Gasteiger partial charge in [0, 0.05) is 17.5 Å². The van der Waals surface area contributed by atoms with Crippen molar-refractivity contribution in [2.24, 2.45) is 0 Å². The Hall–Kier alpha value is -1.89. The van der Waals surface area contributed by atoms with Gasteiger partial charge in [-0.2, -0.15) is 0 Å². The van der Waals surface area contributed by atoms with Crippen LogP contribution in [0.15, 0.2) is 27.4 Å². The maximum atomic E-state index is 13.5. The SMILES string of the molecule is O=C(NC1COc2cc(F)c(Br)cc21)c1ncoc1C1CC1. The molecule has 5 nitrogen and oxygen atoms in total. The molecule has 1 aliphatic heterocycles. The summed E-state index contributed by atoms with van der Waals surface area (Å²) in [5.74, 6) is 0.722. The number of halogens is 2. The number of nitrogens with one attached hydrogen (secondary N) is 1. The van der Waals surface area contributed by atoms with Gasteiger partial charge >= 0.3 is 0 Å². The number of aromatic nitrogens is 1. The normalized spacial score (nSPS) is 19.6. The molecule has 0 bridgehead atoms. The zero-order chi connectivity index (χ0) is 15.3. The Morgan fingerprint density at radius 2 is 2.23 bits per heavy atom. The van der Waals surface area contributed by atoms with Gasteiger partial charge in [-0.05, 0) is 34.8 Å². The minimum Gasteiger partial charge on any atom is -0.491 e. The molecule has 1 aliphatic carbocycles. The molecular weight excluding hydrogens is 355 g/mol. The van der Waals surface area contributed by atoms with E-state index in [1.807, 2.05) is 0 Å². The zero-order valence-corrected chi connectivity index (χ0v) is 13.0. The van der Waals surface area contributed by atoms with Crippen LogP contribution in [0, 0.1) is 5.82 Å². The largest absolute Gasteiger partial charge is 0.491 e. The molecule has 1 N–H and O–H groups in total. The molecule has 1 fully saturated rings. The molecule has 1 atom stereocenters. The van der Waals surface area contributed by atoms with Gasteiger partial charge in [-0.3, -0.25) is 4.79 Å². The Morgan fingerprint density at radius 3 is 3.00 bits per heavy atom. The second kappa shape index (κ2) is 5.08. The van der Waals surface area contributed by atoms with Crippen LogP contribution in [-0.2, 0) is 0 Å². The molecule has 0 spiro atoms. The third-order valence-electron chi connectivity index (χ3n) is 3.90. The van der Waals surface area contributed by atoms with E-state index < -0.39 is 5.82 Å². The highest BCUT2D eigenvalue weighted by atomic mass is 79.9. The molecule has 114 valence electrons. The summed E-state index contributed by atoms with van der Waals surface area (Å²) in [4.78, 5) is 16.4. The number of oxazole rings is 1. The third kappa shape index (κ3) is 2.29. The fourth-order valence-corrected chi connectivity index (χ4v) is 2.97. The van der Waals surface area contributed by atoms with E-state index in [1.165, 1.54) is 12.5 Å². The highest BCUT2D eigenvalue weighted by molar-refractivity contribution is 9.10. The molecule has 2 aromatic rings. The van der Waals surface area contributed by atoms with Crippen LogP contribution < -0.4 is 10.1 Å². The Balaban J connectivity index is 1.57. The molecule has 1 aromatic carbocycles. The van der Waals surface area contributed by atoms with Crippen LogP contribution in [0.25, 0.3) is 0 Å². The molecule has 0 saturated heterocycles. The number of carbonyl (C=O) groups excluding carboxylic acids is 1. The van der Waals surface area contributed by atoms with E-state index >= 15 is 0 Å². The van der Waals surface area contributed by atoms with Gasteiger partial charge in [0.15, 0.2) is 12.1 Å². The molecule has 22 heavy (non-hydrogen) atoms. The Kier molecular flexibility index (Phi) is 3.18. The molecule has 4 rings (SSSR count). The predicted molar refractivity (Wildman–Crippen MR) is 78.3 cm³/mol. The molecule has 7 heteroatoms. The summed E-state index contributed by atoms with van der Waals surface area (Å²) in [5, 5.41) is 2.88. The van der Waals surface area contributed by atoms with Crippen LogP contribution in [0.1, 0.15) is 46.6 Å². The van der Waals surface area contributed by atoms with Crippen LogP contribution in [0.5, 0.6) is 5.75 Å². The average Bonchev–Trinajstić information content (AvgIpc) is 3.10. The number of fused-ring (bicyclic) bond motifs is 1. The van der Waals surface area contributed by atoms with Crippen molar-refractivity contribution in [3.63, 3.8) is 0 Å². The molecule has 1 aromatic heterocycles. The Bertz CT molecular complexity index is 757. The van der Waals surface area contributed by atoms with Crippen molar-refractivity contribution in [2.75, 3.05) is 6.61 Å². The van der Waals surface area contributed by atoms with Gasteiger partial charge < -0.3 is 14.5 Å². The summed E-state index contributed by atoms with van der Waals surface area (Å²) >= 11 is 3.15. The smallest absolute Gasteiger partial charge is 0.274 e. The zero-order valence-electron chi connectivity index (χ0n) is 11.4. The summed E-state index contributed by atoms with van der Waals surface area (Å²) in [5.41, 5.74) is 1.08. The van der Waals surface area contributed by atoms with Crippen molar-refractivity contribution < 1.29 is 18.3 Å². The number of amides is 1. The lowest BCUT2D eigenvalue weighted by Gasteiger charge is -2.11. The molecule has 2 aliphatic rings. The number of hydrogen-bond acceptors (Lipinski definition) is 4. The van der Waals surface area contributed by atoms with Gasteiger partial charge in [0.05, 0.1) is 10.5 Å². The number of benzene rings is 1. The van der Waals surface area contributed by atoms with Crippen molar-refractivity contribution in [3.8, 4) is 5.75 Å². The molecule has 2 heterocycles. The van der Waals surface area contributed by atoms with Gasteiger partial charge in [0.25, 0.3) is 5.91 Å². The average molecular weight is 367 g/mol. The topological polar surface area (TPSA) is 64.4 Å².